The molecule has 0 unspecified atom stereocenters. The van der Waals surface area contributed by atoms with Crippen LogP contribution in [0.1, 0.15) is 64.7 Å². The molecule has 1 atom stereocenters. The number of nitrogens with one attached hydrogen (secondary N) is 1. The molecule has 27 heavy (non-hydrogen) atoms. The van der Waals surface area contributed by atoms with Gasteiger partial charge in [0.2, 0.25) is 0 Å². The minimum Gasteiger partial charge on any atom is -0.490 e. The first kappa shape index (κ1) is 23.0. The lowest BCUT2D eigenvalue weighted by atomic mass is 9.93. The van der Waals surface area contributed by atoms with Crippen molar-refractivity contribution in [1.29, 1.82) is 0 Å². The molecule has 152 valence electrons. The molecule has 0 saturated carbocycles. The molecule has 1 N–H and O–H groups in total. The van der Waals surface area contributed by atoms with Crippen molar-refractivity contribution in [3.63, 3.8) is 0 Å². The molecule has 0 radical (unpaired) electrons. The quantitative estimate of drug-likeness (QED) is 0.609. The number of carbonyl (C=O) groups is 2. The number of anilines is 1. The van der Waals surface area contributed by atoms with Gasteiger partial charge in [0, 0.05) is 12.3 Å². The number of amides is 1. The Morgan fingerprint density at radius 2 is 1.85 bits per heavy atom. The Labute approximate surface area is 162 Å². The maximum Gasteiger partial charge on any atom is 0.341 e. The molecular weight excluding hydrogens is 346 g/mol. The first-order valence-corrected chi connectivity index (χ1v) is 9.47. The Morgan fingerprint density at radius 3 is 2.37 bits per heavy atom. The molecule has 6 heteroatoms. The summed E-state index contributed by atoms with van der Waals surface area (Å²) in [6.45, 7) is 12.2. The Balaban J connectivity index is 3.10. The van der Waals surface area contributed by atoms with Crippen LogP contribution in [0.4, 0.5) is 5.69 Å². The summed E-state index contributed by atoms with van der Waals surface area (Å²) in [5, 5.41) is 2.87. The lowest BCUT2D eigenvalue weighted by Crippen LogP contribution is -2.44. The highest BCUT2D eigenvalue weighted by Crippen LogP contribution is 2.27. The van der Waals surface area contributed by atoms with Crippen molar-refractivity contribution in [2.75, 3.05) is 19.0 Å². The third kappa shape index (κ3) is 6.86. The van der Waals surface area contributed by atoms with Crippen molar-refractivity contribution in [3.8, 4) is 5.75 Å². The summed E-state index contributed by atoms with van der Waals surface area (Å²) in [6, 6.07) is 4.93. The van der Waals surface area contributed by atoms with Gasteiger partial charge < -0.3 is 19.5 Å². The number of methoxy groups -OCH3 is 1. The highest BCUT2D eigenvalue weighted by Gasteiger charge is 2.35. The van der Waals surface area contributed by atoms with E-state index in [1.807, 2.05) is 34.6 Å². The largest absolute Gasteiger partial charge is 0.490 e. The van der Waals surface area contributed by atoms with Gasteiger partial charge in [-0.05, 0) is 57.7 Å². The van der Waals surface area contributed by atoms with E-state index in [9.17, 15) is 9.59 Å². The number of rotatable bonds is 10. The fraction of sp³-hybridized carbons (Fsp3) is 0.619. The monoisotopic (exact) mass is 379 g/mol. The Morgan fingerprint density at radius 1 is 1.19 bits per heavy atom. The molecule has 1 aromatic rings. The van der Waals surface area contributed by atoms with Gasteiger partial charge in [0.05, 0.1) is 13.2 Å². The normalized spacial score (nSPS) is 13.4. The Bertz CT molecular complexity index is 641. The fourth-order valence-corrected chi connectivity index (χ4v) is 2.82. The van der Waals surface area contributed by atoms with Gasteiger partial charge in [0.1, 0.15) is 16.9 Å². The second-order valence-electron chi connectivity index (χ2n) is 7.50. The zero-order valence-electron chi connectivity index (χ0n) is 17.5. The first-order valence-electron chi connectivity index (χ1n) is 9.47. The van der Waals surface area contributed by atoms with E-state index in [2.05, 4.69) is 5.32 Å². The zero-order valence-corrected chi connectivity index (χ0v) is 17.5. The summed E-state index contributed by atoms with van der Waals surface area (Å²) in [7, 11) is 1.31. The van der Waals surface area contributed by atoms with Gasteiger partial charge in [-0.1, -0.05) is 20.8 Å². The third-order valence-electron chi connectivity index (χ3n) is 3.91. The molecule has 1 amide bonds. The van der Waals surface area contributed by atoms with E-state index >= 15 is 0 Å². The smallest absolute Gasteiger partial charge is 0.341 e. The molecule has 0 saturated heterocycles. The molecule has 0 heterocycles. The first-order chi connectivity index (χ1) is 12.6. The minimum absolute atomic E-state index is 0.0920. The zero-order chi connectivity index (χ0) is 20.6. The van der Waals surface area contributed by atoms with E-state index in [0.717, 1.165) is 6.42 Å². The van der Waals surface area contributed by atoms with Crippen LogP contribution >= 0.6 is 0 Å². The minimum atomic E-state index is -0.942. The maximum absolute atomic E-state index is 12.9. The van der Waals surface area contributed by atoms with E-state index in [-0.39, 0.29) is 17.6 Å². The molecule has 0 aliphatic carbocycles. The van der Waals surface area contributed by atoms with E-state index < -0.39 is 11.6 Å². The number of hydrogen-bond acceptors (Lipinski definition) is 5. The maximum atomic E-state index is 12.9. The number of benzene rings is 1. The van der Waals surface area contributed by atoms with Gasteiger partial charge in [0.25, 0.3) is 5.91 Å². The van der Waals surface area contributed by atoms with Crippen molar-refractivity contribution >= 4 is 17.6 Å². The predicted octanol–water partition coefficient (Wildman–Crippen LogP) is 4.43. The second-order valence-corrected chi connectivity index (χ2v) is 7.50. The molecule has 1 aromatic carbocycles. The summed E-state index contributed by atoms with van der Waals surface area (Å²) in [6.07, 6.45) is 1.33. The average Bonchev–Trinajstić information content (AvgIpc) is 2.59. The van der Waals surface area contributed by atoms with Gasteiger partial charge in [-0.3, -0.25) is 4.79 Å². The molecule has 0 fully saturated rings. The van der Waals surface area contributed by atoms with Crippen LogP contribution in [0.5, 0.6) is 5.75 Å². The van der Waals surface area contributed by atoms with Gasteiger partial charge in [-0.15, -0.1) is 0 Å². The fourth-order valence-electron chi connectivity index (χ4n) is 2.82. The highest BCUT2D eigenvalue weighted by atomic mass is 16.5. The molecule has 0 spiro atoms. The lowest BCUT2D eigenvalue weighted by molar-refractivity contribution is -0.141. The number of carbonyl (C=O) groups excluding carboxylic acids is 2. The van der Waals surface area contributed by atoms with Crippen LogP contribution in [-0.4, -0.2) is 37.3 Å². The molecule has 6 nitrogen and oxygen atoms in total. The van der Waals surface area contributed by atoms with Crippen molar-refractivity contribution < 1.29 is 23.8 Å². The summed E-state index contributed by atoms with van der Waals surface area (Å²) >= 11 is 0. The summed E-state index contributed by atoms with van der Waals surface area (Å²) < 4.78 is 16.4. The van der Waals surface area contributed by atoms with Gasteiger partial charge >= 0.3 is 5.97 Å². The Kier molecular flexibility index (Phi) is 8.76. The van der Waals surface area contributed by atoms with Crippen molar-refractivity contribution in [2.45, 2.75) is 66.1 Å². The van der Waals surface area contributed by atoms with Crippen molar-refractivity contribution in [1.82, 2.24) is 0 Å². The van der Waals surface area contributed by atoms with Crippen LogP contribution in [0.15, 0.2) is 18.2 Å². The molecule has 0 aliphatic heterocycles. The number of hydrogen-bond donors (Lipinski definition) is 1. The second kappa shape index (κ2) is 10.3. The SMILES string of the molecule is CCCO[C@](C)(CC(C)C)C(=O)Nc1ccc(OC(C)C)c(C(=O)OC)c1. The standard InChI is InChI=1S/C21H33NO5/c1-8-11-26-21(6,13-14(2)3)20(24)22-16-9-10-18(27-15(4)5)17(12-16)19(23)25-7/h9-10,12,14-15H,8,11,13H2,1-7H3,(H,22,24)/t21-/m1/s1. The average molecular weight is 379 g/mol. The molecular formula is C21H33NO5. The number of ether oxygens (including phenoxy) is 3. The Hall–Kier alpha value is -2.08. The summed E-state index contributed by atoms with van der Waals surface area (Å²) in [5.41, 5.74) is -0.182. The summed E-state index contributed by atoms with van der Waals surface area (Å²) in [4.78, 5) is 25.0. The molecule has 0 aromatic heterocycles. The van der Waals surface area contributed by atoms with Crippen molar-refractivity contribution in [2.24, 2.45) is 5.92 Å². The van der Waals surface area contributed by atoms with Crippen molar-refractivity contribution in [3.05, 3.63) is 23.8 Å². The summed E-state index contributed by atoms with van der Waals surface area (Å²) in [5.74, 6) is -0.0426. The molecule has 0 bridgehead atoms. The van der Waals surface area contributed by atoms with E-state index in [1.165, 1.54) is 7.11 Å². The van der Waals surface area contributed by atoms with Gasteiger partial charge in [-0.2, -0.15) is 0 Å². The molecule has 1 rings (SSSR count). The lowest BCUT2D eigenvalue weighted by Gasteiger charge is -2.30. The van der Waals surface area contributed by atoms with Gasteiger partial charge in [0.15, 0.2) is 0 Å². The molecule has 0 aliphatic rings. The van der Waals surface area contributed by atoms with Crippen LogP contribution in [0, 0.1) is 5.92 Å². The predicted molar refractivity (Wildman–Crippen MR) is 106 cm³/mol. The number of esters is 1. The van der Waals surface area contributed by atoms with Crippen LogP contribution < -0.4 is 10.1 Å². The van der Waals surface area contributed by atoms with Crippen LogP contribution in [-0.2, 0) is 14.3 Å². The van der Waals surface area contributed by atoms with Gasteiger partial charge in [-0.25, -0.2) is 4.79 Å². The topological polar surface area (TPSA) is 73.9 Å². The van der Waals surface area contributed by atoms with Crippen LogP contribution in [0.3, 0.4) is 0 Å². The third-order valence-corrected chi connectivity index (χ3v) is 3.91. The van der Waals surface area contributed by atoms with E-state index in [4.69, 9.17) is 14.2 Å². The van der Waals surface area contributed by atoms with Crippen LogP contribution in [0.2, 0.25) is 0 Å². The van der Waals surface area contributed by atoms with Crippen LogP contribution in [0.25, 0.3) is 0 Å². The highest BCUT2D eigenvalue weighted by molar-refractivity contribution is 5.99. The van der Waals surface area contributed by atoms with E-state index in [1.54, 1.807) is 25.1 Å². The van der Waals surface area contributed by atoms with E-state index in [0.29, 0.717) is 30.4 Å².